The fourth-order valence-electron chi connectivity index (χ4n) is 3.48. The van der Waals surface area contributed by atoms with Gasteiger partial charge in [0.15, 0.2) is 0 Å². The third-order valence-electron chi connectivity index (χ3n) is 4.53. The number of likely N-dealkylation sites (tertiary alicyclic amines) is 1. The van der Waals surface area contributed by atoms with Crippen molar-refractivity contribution in [2.24, 2.45) is 0 Å². The second-order valence-corrected chi connectivity index (χ2v) is 7.31. The summed E-state index contributed by atoms with van der Waals surface area (Å²) in [6, 6.07) is 9.13. The van der Waals surface area contributed by atoms with Crippen molar-refractivity contribution in [1.82, 2.24) is 20.4 Å². The Morgan fingerprint density at radius 3 is 2.38 bits per heavy atom. The van der Waals surface area contributed by atoms with Crippen molar-refractivity contribution in [3.05, 3.63) is 35.9 Å². The summed E-state index contributed by atoms with van der Waals surface area (Å²) in [6.45, 7) is 4.33. The first-order valence-corrected chi connectivity index (χ1v) is 9.01. The molecule has 0 bridgehead atoms. The zero-order valence-corrected chi connectivity index (χ0v) is 16.0. The number of aliphatic hydroxyl groups excluding tert-OH is 1. The molecule has 1 aliphatic heterocycles. The van der Waals surface area contributed by atoms with Crippen LogP contribution in [0.5, 0.6) is 0 Å². The molecule has 0 unspecified atom stereocenters. The lowest BCUT2D eigenvalue weighted by molar-refractivity contribution is -0.122. The van der Waals surface area contributed by atoms with Gasteiger partial charge < -0.3 is 25.5 Å². The molecule has 3 N–H and O–H groups in total. The molecule has 7 heteroatoms. The van der Waals surface area contributed by atoms with Crippen LogP contribution < -0.4 is 10.6 Å². The summed E-state index contributed by atoms with van der Waals surface area (Å²) >= 11 is 0. The van der Waals surface area contributed by atoms with Crippen LogP contribution in [0.3, 0.4) is 0 Å². The molecule has 1 aromatic rings. The summed E-state index contributed by atoms with van der Waals surface area (Å²) in [6.07, 6.45) is 0. The van der Waals surface area contributed by atoms with Crippen molar-refractivity contribution >= 4 is 11.9 Å². The van der Waals surface area contributed by atoms with Crippen LogP contribution in [0.1, 0.15) is 25.3 Å². The molecule has 1 fully saturated rings. The number of carbonyl (C=O) groups is 2. The van der Waals surface area contributed by atoms with Crippen LogP contribution in [0.25, 0.3) is 0 Å². The molecular weight excluding hydrogens is 332 g/mol. The Balaban J connectivity index is 2.17. The molecule has 0 saturated carbocycles. The molecule has 144 valence electrons. The van der Waals surface area contributed by atoms with Gasteiger partial charge in [-0.2, -0.15) is 0 Å². The average Bonchev–Trinajstić information content (AvgIpc) is 2.53. The van der Waals surface area contributed by atoms with Gasteiger partial charge in [0, 0.05) is 18.5 Å². The largest absolute Gasteiger partial charge is 0.394 e. The standard InChI is InChI=1S/C19H30N4O3/c1-13(2)21-19(26)23-15(10-20-17(25)11-22(3)4)18(16(23)12-24)14-8-6-5-7-9-14/h5-9,13,15-16,18,24H,10-12H2,1-4H3,(H,20,25)(H,21,26)/t15-,16+,18+/m1/s1. The lowest BCUT2D eigenvalue weighted by atomic mass is 9.75. The quantitative estimate of drug-likeness (QED) is 0.664. The van der Waals surface area contributed by atoms with Crippen molar-refractivity contribution in [2.75, 3.05) is 33.8 Å². The summed E-state index contributed by atoms with van der Waals surface area (Å²) in [5.74, 6) is -0.0998. The van der Waals surface area contributed by atoms with E-state index in [-0.39, 0.29) is 42.6 Å². The monoisotopic (exact) mass is 362 g/mol. The molecule has 7 nitrogen and oxygen atoms in total. The Morgan fingerprint density at radius 2 is 1.85 bits per heavy atom. The molecule has 0 aliphatic carbocycles. The fraction of sp³-hybridized carbons (Fsp3) is 0.579. The van der Waals surface area contributed by atoms with Gasteiger partial charge in [-0.3, -0.25) is 4.79 Å². The zero-order valence-electron chi connectivity index (χ0n) is 16.0. The van der Waals surface area contributed by atoms with Gasteiger partial charge in [-0.05, 0) is 33.5 Å². The van der Waals surface area contributed by atoms with Crippen molar-refractivity contribution in [1.29, 1.82) is 0 Å². The Hall–Kier alpha value is -2.12. The van der Waals surface area contributed by atoms with Crippen molar-refractivity contribution in [3.8, 4) is 0 Å². The Bertz CT molecular complexity index is 606. The zero-order chi connectivity index (χ0) is 19.3. The predicted octanol–water partition coefficient (Wildman–Crippen LogP) is 0.611. The smallest absolute Gasteiger partial charge is 0.318 e. The third-order valence-corrected chi connectivity index (χ3v) is 4.53. The highest BCUT2D eigenvalue weighted by Crippen LogP contribution is 2.40. The van der Waals surface area contributed by atoms with Gasteiger partial charge in [-0.1, -0.05) is 30.3 Å². The second kappa shape index (κ2) is 9.00. The first-order chi connectivity index (χ1) is 12.3. The molecule has 0 radical (unpaired) electrons. The number of likely N-dealkylation sites (N-methyl/N-ethyl adjacent to an activating group) is 1. The molecule has 1 heterocycles. The van der Waals surface area contributed by atoms with E-state index in [1.807, 2.05) is 58.3 Å². The van der Waals surface area contributed by atoms with E-state index in [2.05, 4.69) is 10.6 Å². The first-order valence-electron chi connectivity index (χ1n) is 9.01. The van der Waals surface area contributed by atoms with Gasteiger partial charge in [0.05, 0.1) is 25.2 Å². The summed E-state index contributed by atoms with van der Waals surface area (Å²) in [5.41, 5.74) is 1.06. The molecular formula is C19H30N4O3. The average molecular weight is 362 g/mol. The van der Waals surface area contributed by atoms with Gasteiger partial charge in [0.2, 0.25) is 5.91 Å². The van der Waals surface area contributed by atoms with Crippen LogP contribution in [0.4, 0.5) is 4.79 Å². The van der Waals surface area contributed by atoms with Crippen LogP contribution in [0.2, 0.25) is 0 Å². The van der Waals surface area contributed by atoms with Crippen LogP contribution in [-0.2, 0) is 4.79 Å². The number of urea groups is 1. The van der Waals surface area contributed by atoms with Crippen LogP contribution >= 0.6 is 0 Å². The van der Waals surface area contributed by atoms with E-state index in [4.69, 9.17) is 0 Å². The van der Waals surface area contributed by atoms with E-state index in [1.54, 1.807) is 9.80 Å². The summed E-state index contributed by atoms with van der Waals surface area (Å²) in [7, 11) is 3.67. The minimum atomic E-state index is -0.299. The number of rotatable bonds is 7. The second-order valence-electron chi connectivity index (χ2n) is 7.31. The SMILES string of the molecule is CC(C)NC(=O)N1[C@H](CNC(=O)CN(C)C)[C@H](c2ccccc2)[C@@H]1CO. The predicted molar refractivity (Wildman–Crippen MR) is 101 cm³/mol. The summed E-state index contributed by atoms with van der Waals surface area (Å²) in [5, 5.41) is 15.7. The highest BCUT2D eigenvalue weighted by molar-refractivity contribution is 5.79. The van der Waals surface area contributed by atoms with E-state index >= 15 is 0 Å². The number of hydrogen-bond acceptors (Lipinski definition) is 4. The molecule has 26 heavy (non-hydrogen) atoms. The lowest BCUT2D eigenvalue weighted by Gasteiger charge is -2.54. The van der Waals surface area contributed by atoms with Gasteiger partial charge >= 0.3 is 6.03 Å². The topological polar surface area (TPSA) is 84.9 Å². The van der Waals surface area contributed by atoms with E-state index in [0.717, 1.165) is 5.56 Å². The number of nitrogens with one attached hydrogen (secondary N) is 2. The summed E-state index contributed by atoms with van der Waals surface area (Å²) < 4.78 is 0. The van der Waals surface area contributed by atoms with Crippen LogP contribution in [0, 0.1) is 0 Å². The highest BCUT2D eigenvalue weighted by Gasteiger charge is 2.51. The van der Waals surface area contributed by atoms with Gasteiger partial charge in [-0.25, -0.2) is 4.79 Å². The molecule has 3 amide bonds. The Kier molecular flexibility index (Phi) is 6.99. The van der Waals surface area contributed by atoms with E-state index in [0.29, 0.717) is 13.1 Å². The summed E-state index contributed by atoms with van der Waals surface area (Å²) in [4.78, 5) is 28.1. The van der Waals surface area contributed by atoms with Gasteiger partial charge in [0.25, 0.3) is 0 Å². The maximum Gasteiger partial charge on any atom is 0.318 e. The molecule has 1 aromatic carbocycles. The van der Waals surface area contributed by atoms with E-state index < -0.39 is 0 Å². The number of nitrogens with zero attached hydrogens (tertiary/aromatic N) is 2. The number of carbonyl (C=O) groups excluding carboxylic acids is 2. The van der Waals surface area contributed by atoms with Crippen molar-refractivity contribution < 1.29 is 14.7 Å². The third kappa shape index (κ3) is 4.74. The Labute approximate surface area is 155 Å². The van der Waals surface area contributed by atoms with E-state index in [1.165, 1.54) is 0 Å². The number of benzene rings is 1. The number of amides is 3. The van der Waals surface area contributed by atoms with Crippen molar-refractivity contribution in [3.63, 3.8) is 0 Å². The van der Waals surface area contributed by atoms with Gasteiger partial charge in [-0.15, -0.1) is 0 Å². The maximum absolute atomic E-state index is 12.6. The molecule has 2 rings (SSSR count). The number of aliphatic hydroxyl groups is 1. The highest BCUT2D eigenvalue weighted by atomic mass is 16.3. The van der Waals surface area contributed by atoms with Crippen LogP contribution in [-0.4, -0.2) is 78.8 Å². The molecule has 3 atom stereocenters. The molecule has 1 saturated heterocycles. The maximum atomic E-state index is 12.6. The lowest BCUT2D eigenvalue weighted by Crippen LogP contribution is -2.70. The van der Waals surface area contributed by atoms with Crippen LogP contribution in [0.15, 0.2) is 30.3 Å². The normalized spacial score (nSPS) is 22.3. The minimum absolute atomic E-state index is 0.00148. The van der Waals surface area contributed by atoms with E-state index in [9.17, 15) is 14.7 Å². The minimum Gasteiger partial charge on any atom is -0.394 e. The number of hydrogen-bond donors (Lipinski definition) is 3. The van der Waals surface area contributed by atoms with Gasteiger partial charge in [0.1, 0.15) is 0 Å². The Morgan fingerprint density at radius 1 is 1.19 bits per heavy atom. The van der Waals surface area contributed by atoms with Crippen molar-refractivity contribution in [2.45, 2.75) is 37.9 Å². The molecule has 1 aliphatic rings. The molecule has 0 spiro atoms. The fourth-order valence-corrected chi connectivity index (χ4v) is 3.48. The molecule has 0 aromatic heterocycles. The first kappa shape index (κ1) is 20.2.